The lowest BCUT2D eigenvalue weighted by molar-refractivity contribution is -0.123. The van der Waals surface area contributed by atoms with Gasteiger partial charge < -0.3 is 14.8 Å². The van der Waals surface area contributed by atoms with Crippen LogP contribution in [0.4, 0.5) is 4.39 Å². The average Bonchev–Trinajstić information content (AvgIpc) is 2.70. The van der Waals surface area contributed by atoms with Gasteiger partial charge in [0, 0.05) is 6.54 Å². The van der Waals surface area contributed by atoms with E-state index in [4.69, 9.17) is 9.47 Å². The van der Waals surface area contributed by atoms with Crippen LogP contribution in [0, 0.1) is 17.1 Å². The number of ether oxygens (including phenoxy) is 2. The zero-order valence-corrected chi connectivity index (χ0v) is 15.5. The second-order valence-corrected chi connectivity index (χ2v) is 5.63. The lowest BCUT2D eigenvalue weighted by Gasteiger charge is -2.11. The molecular formula is C21H19FN2O4. The summed E-state index contributed by atoms with van der Waals surface area (Å²) in [5.74, 6) is -1.01. The summed E-state index contributed by atoms with van der Waals surface area (Å²) < 4.78 is 24.5. The van der Waals surface area contributed by atoms with Gasteiger partial charge in [-0.15, -0.1) is 0 Å². The molecule has 0 aliphatic carbocycles. The normalized spacial score (nSPS) is 10.7. The number of ketones is 1. The van der Waals surface area contributed by atoms with E-state index in [0.717, 1.165) is 6.07 Å². The fourth-order valence-corrected chi connectivity index (χ4v) is 2.39. The minimum atomic E-state index is -0.712. The first-order chi connectivity index (χ1) is 13.5. The Morgan fingerprint density at radius 1 is 1.21 bits per heavy atom. The van der Waals surface area contributed by atoms with Crippen LogP contribution in [-0.4, -0.2) is 32.0 Å². The standard InChI is InChI=1S/C21H19FN2O4/c1-3-24-20(25)13-28-18-9-8-14(11-19(18)27-2)10-15(12-23)21(26)16-6-4-5-7-17(16)22/h4-11H,3,13H2,1-2H3,(H,24,25)/b15-10+. The maximum atomic E-state index is 13.8. The number of carbonyl (C=O) groups is 2. The molecule has 2 aromatic carbocycles. The van der Waals surface area contributed by atoms with Gasteiger partial charge in [0.25, 0.3) is 5.91 Å². The third-order valence-corrected chi connectivity index (χ3v) is 3.71. The van der Waals surface area contributed by atoms with Crippen LogP contribution in [0.5, 0.6) is 11.5 Å². The van der Waals surface area contributed by atoms with E-state index < -0.39 is 11.6 Å². The van der Waals surface area contributed by atoms with E-state index in [1.54, 1.807) is 31.2 Å². The summed E-state index contributed by atoms with van der Waals surface area (Å²) in [6.45, 7) is 2.12. The molecule has 0 aliphatic rings. The van der Waals surface area contributed by atoms with Crippen molar-refractivity contribution < 1.29 is 23.5 Å². The summed E-state index contributed by atoms with van der Waals surface area (Å²) in [5, 5.41) is 11.9. The predicted molar refractivity (Wildman–Crippen MR) is 101 cm³/mol. The number of carbonyl (C=O) groups excluding carboxylic acids is 2. The predicted octanol–water partition coefficient (Wildman–Crippen LogP) is 3.14. The molecule has 0 unspecified atom stereocenters. The number of hydrogen-bond acceptors (Lipinski definition) is 5. The molecule has 0 atom stereocenters. The van der Waals surface area contributed by atoms with E-state index in [1.807, 2.05) is 0 Å². The van der Waals surface area contributed by atoms with Crippen LogP contribution in [-0.2, 0) is 4.79 Å². The van der Waals surface area contributed by atoms with Gasteiger partial charge in [0.2, 0.25) is 5.78 Å². The number of allylic oxidation sites excluding steroid dienone is 1. The summed E-state index contributed by atoms with van der Waals surface area (Å²) in [6, 6.07) is 12.0. The molecule has 28 heavy (non-hydrogen) atoms. The Morgan fingerprint density at radius 2 is 1.96 bits per heavy atom. The van der Waals surface area contributed by atoms with Crippen LogP contribution in [0.2, 0.25) is 0 Å². The van der Waals surface area contributed by atoms with E-state index in [2.05, 4.69) is 5.32 Å². The number of nitriles is 1. The number of rotatable bonds is 8. The fraction of sp³-hybridized carbons (Fsp3) is 0.190. The van der Waals surface area contributed by atoms with Crippen LogP contribution in [0.3, 0.4) is 0 Å². The molecule has 6 nitrogen and oxygen atoms in total. The lowest BCUT2D eigenvalue weighted by atomic mass is 10.0. The molecule has 0 aliphatic heterocycles. The summed E-state index contributed by atoms with van der Waals surface area (Å²) >= 11 is 0. The highest BCUT2D eigenvalue weighted by atomic mass is 19.1. The Balaban J connectivity index is 2.26. The Bertz CT molecular complexity index is 948. The van der Waals surface area contributed by atoms with Gasteiger partial charge in [-0.3, -0.25) is 9.59 Å². The number of amides is 1. The monoisotopic (exact) mass is 382 g/mol. The van der Waals surface area contributed by atoms with Crippen LogP contribution in [0.25, 0.3) is 6.08 Å². The molecule has 0 saturated heterocycles. The van der Waals surface area contributed by atoms with Gasteiger partial charge in [0.05, 0.1) is 12.7 Å². The Hall–Kier alpha value is -3.66. The van der Waals surface area contributed by atoms with Crippen molar-refractivity contribution in [3.8, 4) is 17.6 Å². The van der Waals surface area contributed by atoms with E-state index in [9.17, 15) is 19.2 Å². The van der Waals surface area contributed by atoms with Crippen molar-refractivity contribution in [3.63, 3.8) is 0 Å². The van der Waals surface area contributed by atoms with Gasteiger partial charge in [-0.25, -0.2) is 4.39 Å². The third kappa shape index (κ3) is 5.17. The first kappa shape index (κ1) is 20.6. The first-order valence-electron chi connectivity index (χ1n) is 8.48. The SMILES string of the molecule is CCNC(=O)COc1ccc(/C=C(\C#N)C(=O)c2ccccc2F)cc1OC. The van der Waals surface area contributed by atoms with E-state index in [1.165, 1.54) is 31.4 Å². The molecule has 0 bridgehead atoms. The van der Waals surface area contributed by atoms with Crippen LogP contribution >= 0.6 is 0 Å². The number of Topliss-reactive ketones (excluding diaryl/α,β-unsaturated/α-hetero) is 1. The topological polar surface area (TPSA) is 88.4 Å². The molecule has 0 saturated carbocycles. The molecule has 7 heteroatoms. The van der Waals surface area contributed by atoms with Crippen molar-refractivity contribution in [1.29, 1.82) is 5.26 Å². The van der Waals surface area contributed by atoms with Gasteiger partial charge in [-0.1, -0.05) is 18.2 Å². The minimum absolute atomic E-state index is 0.172. The Morgan fingerprint density at radius 3 is 2.61 bits per heavy atom. The molecule has 0 spiro atoms. The average molecular weight is 382 g/mol. The van der Waals surface area contributed by atoms with Crippen molar-refractivity contribution in [2.24, 2.45) is 0 Å². The molecule has 0 radical (unpaired) electrons. The van der Waals surface area contributed by atoms with Gasteiger partial charge in [0.1, 0.15) is 17.5 Å². The largest absolute Gasteiger partial charge is 0.493 e. The van der Waals surface area contributed by atoms with Crippen LogP contribution in [0.15, 0.2) is 48.0 Å². The molecule has 1 amide bonds. The van der Waals surface area contributed by atoms with Crippen molar-refractivity contribution in [2.75, 3.05) is 20.3 Å². The van der Waals surface area contributed by atoms with Crippen molar-refractivity contribution >= 4 is 17.8 Å². The van der Waals surface area contributed by atoms with Crippen LogP contribution < -0.4 is 14.8 Å². The smallest absolute Gasteiger partial charge is 0.257 e. The number of nitrogens with zero attached hydrogens (tertiary/aromatic N) is 1. The van der Waals surface area contributed by atoms with Crippen LogP contribution in [0.1, 0.15) is 22.8 Å². The minimum Gasteiger partial charge on any atom is -0.493 e. The van der Waals surface area contributed by atoms with E-state index >= 15 is 0 Å². The number of halogens is 1. The Labute approximate surface area is 162 Å². The zero-order chi connectivity index (χ0) is 20.5. The molecule has 1 N–H and O–H groups in total. The number of methoxy groups -OCH3 is 1. The maximum Gasteiger partial charge on any atom is 0.257 e. The van der Waals surface area contributed by atoms with Gasteiger partial charge >= 0.3 is 0 Å². The molecular weight excluding hydrogens is 363 g/mol. The molecule has 2 rings (SSSR count). The molecule has 144 valence electrons. The highest BCUT2D eigenvalue weighted by Gasteiger charge is 2.16. The van der Waals surface area contributed by atoms with Gasteiger partial charge in [-0.2, -0.15) is 5.26 Å². The van der Waals surface area contributed by atoms with E-state index in [0.29, 0.717) is 23.6 Å². The lowest BCUT2D eigenvalue weighted by Crippen LogP contribution is -2.28. The number of likely N-dealkylation sites (N-methyl/N-ethyl adjacent to an activating group) is 1. The summed E-state index contributed by atoms with van der Waals surface area (Å²) in [6.07, 6.45) is 1.34. The second kappa shape index (κ2) is 9.88. The van der Waals surface area contributed by atoms with Crippen molar-refractivity contribution in [1.82, 2.24) is 5.32 Å². The molecule has 0 fully saturated rings. The highest BCUT2D eigenvalue weighted by molar-refractivity contribution is 6.14. The molecule has 0 heterocycles. The second-order valence-electron chi connectivity index (χ2n) is 5.63. The first-order valence-corrected chi connectivity index (χ1v) is 8.48. The summed E-state index contributed by atoms with van der Waals surface area (Å²) in [5.41, 5.74) is 0.0933. The number of hydrogen-bond donors (Lipinski definition) is 1. The summed E-state index contributed by atoms with van der Waals surface area (Å²) in [7, 11) is 1.43. The molecule has 2 aromatic rings. The quantitative estimate of drug-likeness (QED) is 0.430. The van der Waals surface area contributed by atoms with E-state index in [-0.39, 0.29) is 23.7 Å². The Kier molecular flexibility index (Phi) is 7.28. The number of benzene rings is 2. The molecule has 0 aromatic heterocycles. The number of nitrogens with one attached hydrogen (secondary N) is 1. The van der Waals surface area contributed by atoms with Crippen molar-refractivity contribution in [2.45, 2.75) is 6.92 Å². The fourth-order valence-electron chi connectivity index (χ4n) is 2.39. The van der Waals surface area contributed by atoms with Gasteiger partial charge in [-0.05, 0) is 42.8 Å². The maximum absolute atomic E-state index is 13.8. The van der Waals surface area contributed by atoms with Gasteiger partial charge in [0.15, 0.2) is 18.1 Å². The summed E-state index contributed by atoms with van der Waals surface area (Å²) in [4.78, 5) is 23.9. The highest BCUT2D eigenvalue weighted by Crippen LogP contribution is 2.29. The van der Waals surface area contributed by atoms with Crippen molar-refractivity contribution in [3.05, 3.63) is 65.0 Å². The third-order valence-electron chi connectivity index (χ3n) is 3.71. The zero-order valence-electron chi connectivity index (χ0n) is 15.5.